The van der Waals surface area contributed by atoms with Gasteiger partial charge in [-0.15, -0.1) is 0 Å². The maximum absolute atomic E-state index is 13.4. The lowest BCUT2D eigenvalue weighted by molar-refractivity contribution is -0.153. The van der Waals surface area contributed by atoms with Crippen molar-refractivity contribution in [3.8, 4) is 0 Å². The van der Waals surface area contributed by atoms with Crippen molar-refractivity contribution < 1.29 is 14.7 Å². The van der Waals surface area contributed by atoms with Crippen molar-refractivity contribution in [3.05, 3.63) is 70.8 Å². The zero-order chi connectivity index (χ0) is 20.6. The van der Waals surface area contributed by atoms with Crippen molar-refractivity contribution in [2.75, 3.05) is 33.2 Å². The first-order valence-electron chi connectivity index (χ1n) is 10.2. The molecule has 2 aromatic rings. The van der Waals surface area contributed by atoms with Gasteiger partial charge in [0.1, 0.15) is 5.41 Å². The smallest absolute Gasteiger partial charge is 0.313 e. The number of carboxylic acids is 1. The van der Waals surface area contributed by atoms with Gasteiger partial charge in [-0.05, 0) is 56.5 Å². The van der Waals surface area contributed by atoms with E-state index >= 15 is 0 Å². The van der Waals surface area contributed by atoms with E-state index in [0.29, 0.717) is 25.1 Å². The number of rotatable bonds is 4. The third kappa shape index (κ3) is 3.67. The number of aryl methyl sites for hydroxylation is 1. The molecule has 2 fully saturated rings. The molecule has 4 rings (SSSR count). The summed E-state index contributed by atoms with van der Waals surface area (Å²) in [5.41, 5.74) is 3.18. The van der Waals surface area contributed by atoms with Crippen LogP contribution in [0.1, 0.15) is 33.5 Å². The monoisotopic (exact) mass is 392 g/mol. The second-order valence-corrected chi connectivity index (χ2v) is 8.69. The largest absolute Gasteiger partial charge is 0.481 e. The number of hydrogen-bond donors (Lipinski definition) is 1. The van der Waals surface area contributed by atoms with E-state index in [1.54, 1.807) is 4.90 Å². The standard InChI is InChI=1S/C24H28N2O3/c1-17-7-9-18(10-8-17)13-19-5-3-4-6-21(19)22(27)26-14-20-11-12-25(2)15-24(20,16-26)23(28)29/h3-10,20H,11-16H2,1-2H3,(H,28,29)/t20-,24-/m0/s1. The van der Waals surface area contributed by atoms with Gasteiger partial charge in [0.05, 0.1) is 0 Å². The van der Waals surface area contributed by atoms with Gasteiger partial charge in [-0.1, -0.05) is 48.0 Å². The summed E-state index contributed by atoms with van der Waals surface area (Å²) < 4.78 is 0. The van der Waals surface area contributed by atoms with E-state index in [1.807, 2.05) is 31.3 Å². The number of fused-ring (bicyclic) bond motifs is 1. The van der Waals surface area contributed by atoms with E-state index < -0.39 is 11.4 Å². The molecule has 2 atom stereocenters. The number of hydrogen-bond acceptors (Lipinski definition) is 3. The number of benzene rings is 2. The average Bonchev–Trinajstić information content (AvgIpc) is 3.10. The number of carbonyl (C=O) groups excluding carboxylic acids is 1. The Kier molecular flexibility index (Phi) is 5.17. The third-order valence-corrected chi connectivity index (χ3v) is 6.58. The number of nitrogens with zero attached hydrogens (tertiary/aromatic N) is 2. The van der Waals surface area contributed by atoms with Gasteiger partial charge in [-0.25, -0.2) is 0 Å². The average molecular weight is 392 g/mol. The lowest BCUT2D eigenvalue weighted by Gasteiger charge is -2.39. The summed E-state index contributed by atoms with van der Waals surface area (Å²) in [7, 11) is 1.96. The number of carbonyl (C=O) groups is 2. The molecule has 0 aliphatic carbocycles. The highest BCUT2D eigenvalue weighted by molar-refractivity contribution is 5.96. The molecule has 5 nitrogen and oxygen atoms in total. The predicted molar refractivity (Wildman–Crippen MR) is 112 cm³/mol. The Morgan fingerprint density at radius 2 is 1.83 bits per heavy atom. The van der Waals surface area contributed by atoms with Crippen LogP contribution in [0.3, 0.4) is 0 Å². The summed E-state index contributed by atoms with van der Waals surface area (Å²) in [4.78, 5) is 29.4. The molecule has 0 radical (unpaired) electrons. The Bertz CT molecular complexity index is 924. The molecule has 5 heteroatoms. The zero-order valence-electron chi connectivity index (χ0n) is 17.1. The maximum Gasteiger partial charge on any atom is 0.313 e. The minimum absolute atomic E-state index is 0.0180. The first-order valence-corrected chi connectivity index (χ1v) is 10.2. The van der Waals surface area contributed by atoms with Crippen molar-refractivity contribution in [2.24, 2.45) is 11.3 Å². The molecule has 0 saturated carbocycles. The molecule has 0 bridgehead atoms. The van der Waals surface area contributed by atoms with Gasteiger partial charge in [-0.2, -0.15) is 0 Å². The molecule has 0 aromatic heterocycles. The first-order chi connectivity index (χ1) is 13.9. The Morgan fingerprint density at radius 1 is 1.10 bits per heavy atom. The molecule has 2 heterocycles. The van der Waals surface area contributed by atoms with E-state index in [4.69, 9.17) is 0 Å². The number of carboxylic acid groups (broad SMARTS) is 1. The Labute approximate surface area is 171 Å². The fourth-order valence-corrected chi connectivity index (χ4v) is 4.90. The number of likely N-dealkylation sites (tertiary alicyclic amines) is 2. The molecule has 0 spiro atoms. The van der Waals surface area contributed by atoms with Gasteiger partial charge < -0.3 is 14.9 Å². The molecule has 2 aliphatic heterocycles. The zero-order valence-corrected chi connectivity index (χ0v) is 17.1. The van der Waals surface area contributed by atoms with Crippen LogP contribution in [0.2, 0.25) is 0 Å². The molecule has 29 heavy (non-hydrogen) atoms. The summed E-state index contributed by atoms with van der Waals surface area (Å²) in [6.45, 7) is 4.25. The van der Waals surface area contributed by atoms with Gasteiger partial charge >= 0.3 is 5.97 Å². The van der Waals surface area contributed by atoms with E-state index in [2.05, 4.69) is 36.1 Å². The van der Waals surface area contributed by atoms with E-state index in [0.717, 1.165) is 24.1 Å². The van der Waals surface area contributed by atoms with Gasteiger partial charge in [0.15, 0.2) is 0 Å². The fraction of sp³-hybridized carbons (Fsp3) is 0.417. The highest BCUT2D eigenvalue weighted by Crippen LogP contribution is 2.42. The minimum atomic E-state index is -0.853. The van der Waals surface area contributed by atoms with E-state index in [9.17, 15) is 14.7 Å². The highest BCUT2D eigenvalue weighted by Gasteiger charge is 2.55. The highest BCUT2D eigenvalue weighted by atomic mass is 16.4. The van der Waals surface area contributed by atoms with Crippen molar-refractivity contribution in [1.82, 2.24) is 9.80 Å². The van der Waals surface area contributed by atoms with Crippen LogP contribution >= 0.6 is 0 Å². The van der Waals surface area contributed by atoms with Gasteiger partial charge in [0.2, 0.25) is 0 Å². The van der Waals surface area contributed by atoms with Crippen LogP contribution in [0.25, 0.3) is 0 Å². The Morgan fingerprint density at radius 3 is 2.55 bits per heavy atom. The fourth-order valence-electron chi connectivity index (χ4n) is 4.90. The van der Waals surface area contributed by atoms with Crippen LogP contribution in [-0.2, 0) is 11.2 Å². The summed E-state index contributed by atoms with van der Waals surface area (Å²) in [6, 6.07) is 16.1. The summed E-state index contributed by atoms with van der Waals surface area (Å²) in [5, 5.41) is 9.99. The second kappa shape index (κ2) is 7.64. The van der Waals surface area contributed by atoms with Crippen LogP contribution in [0.15, 0.2) is 48.5 Å². The van der Waals surface area contributed by atoms with E-state index in [1.165, 1.54) is 5.56 Å². The van der Waals surface area contributed by atoms with Crippen LogP contribution in [0.4, 0.5) is 0 Å². The molecular formula is C24H28N2O3. The summed E-state index contributed by atoms with van der Waals surface area (Å²) >= 11 is 0. The predicted octanol–water partition coefficient (Wildman–Crippen LogP) is 3.06. The van der Waals surface area contributed by atoms with Gasteiger partial charge in [0, 0.05) is 25.2 Å². The van der Waals surface area contributed by atoms with Crippen LogP contribution in [0, 0.1) is 18.3 Å². The topological polar surface area (TPSA) is 60.9 Å². The molecule has 152 valence electrons. The quantitative estimate of drug-likeness (QED) is 0.869. The SMILES string of the molecule is Cc1ccc(Cc2ccccc2C(=O)N2C[C@@H]3CCN(C)C[C@]3(C(=O)O)C2)cc1. The van der Waals surface area contributed by atoms with Crippen molar-refractivity contribution in [2.45, 2.75) is 19.8 Å². The molecule has 2 aliphatic rings. The van der Waals surface area contributed by atoms with Crippen LogP contribution in [-0.4, -0.2) is 60.0 Å². The number of piperidine rings is 1. The number of aliphatic carboxylic acids is 1. The van der Waals surface area contributed by atoms with Gasteiger partial charge in [0.25, 0.3) is 5.91 Å². The molecule has 2 aromatic carbocycles. The lowest BCUT2D eigenvalue weighted by Crippen LogP contribution is -2.52. The van der Waals surface area contributed by atoms with Crippen molar-refractivity contribution in [3.63, 3.8) is 0 Å². The molecule has 1 amide bonds. The van der Waals surface area contributed by atoms with Crippen LogP contribution in [0.5, 0.6) is 0 Å². The molecular weight excluding hydrogens is 364 g/mol. The second-order valence-electron chi connectivity index (χ2n) is 8.69. The molecule has 2 saturated heterocycles. The van der Waals surface area contributed by atoms with Gasteiger partial charge in [-0.3, -0.25) is 9.59 Å². The van der Waals surface area contributed by atoms with Crippen molar-refractivity contribution >= 4 is 11.9 Å². The Hall–Kier alpha value is -2.66. The minimum Gasteiger partial charge on any atom is -0.481 e. The lowest BCUT2D eigenvalue weighted by atomic mass is 9.73. The molecule has 0 unspecified atom stereocenters. The summed E-state index contributed by atoms with van der Waals surface area (Å²) in [5.74, 6) is -0.813. The van der Waals surface area contributed by atoms with Crippen LogP contribution < -0.4 is 0 Å². The third-order valence-electron chi connectivity index (χ3n) is 6.58. The normalized spacial score (nSPS) is 24.3. The maximum atomic E-state index is 13.4. The Balaban J connectivity index is 1.59. The first kappa shape index (κ1) is 19.6. The number of amides is 1. The summed E-state index contributed by atoms with van der Waals surface area (Å²) in [6.07, 6.45) is 1.50. The molecule has 1 N–H and O–H groups in total. The van der Waals surface area contributed by atoms with Crippen molar-refractivity contribution in [1.29, 1.82) is 0 Å². The van der Waals surface area contributed by atoms with E-state index in [-0.39, 0.29) is 18.4 Å².